The second-order valence-electron chi connectivity index (χ2n) is 4.83. The fourth-order valence-electron chi connectivity index (χ4n) is 2.01. The summed E-state index contributed by atoms with van der Waals surface area (Å²) in [7, 11) is 0. The summed E-state index contributed by atoms with van der Waals surface area (Å²) in [5, 5.41) is 6.67. The molecule has 0 radical (unpaired) electrons. The maximum Gasteiger partial charge on any atom is 0.302 e. The van der Waals surface area contributed by atoms with Gasteiger partial charge in [0.1, 0.15) is 12.4 Å². The highest BCUT2D eigenvalue weighted by Crippen LogP contribution is 2.17. The number of hydrogen-bond acceptors (Lipinski definition) is 5. The number of furan rings is 1. The van der Waals surface area contributed by atoms with Gasteiger partial charge >= 0.3 is 5.97 Å². The molecule has 2 aromatic heterocycles. The molecule has 2 heterocycles. The Morgan fingerprint density at radius 1 is 1.39 bits per heavy atom. The Bertz CT molecular complexity index is 617. The summed E-state index contributed by atoms with van der Waals surface area (Å²) in [6.07, 6.45) is 4.02. The van der Waals surface area contributed by atoms with E-state index in [1.807, 2.05) is 30.3 Å². The minimum atomic E-state index is -0.311. The Kier molecular flexibility index (Phi) is 6.56. The maximum absolute atomic E-state index is 10.7. The van der Waals surface area contributed by atoms with Crippen LogP contribution < -0.4 is 10.6 Å². The van der Waals surface area contributed by atoms with Crippen LogP contribution in [0.1, 0.15) is 24.4 Å². The van der Waals surface area contributed by atoms with E-state index in [9.17, 15) is 4.79 Å². The number of carbonyl (C=O) groups excluding carboxylic acids is 1. The predicted octanol–water partition coefficient (Wildman–Crippen LogP) is 1.99. The van der Waals surface area contributed by atoms with Crippen LogP contribution in [-0.4, -0.2) is 29.2 Å². The zero-order chi connectivity index (χ0) is 16.5. The number of hydrogen-bond donors (Lipinski definition) is 2. The van der Waals surface area contributed by atoms with Gasteiger partial charge in [0.2, 0.25) is 0 Å². The lowest BCUT2D eigenvalue weighted by Crippen LogP contribution is -2.40. The van der Waals surface area contributed by atoms with Gasteiger partial charge in [-0.05, 0) is 36.5 Å². The van der Waals surface area contributed by atoms with Gasteiger partial charge in [-0.15, -0.1) is 0 Å². The molecule has 1 unspecified atom stereocenters. The van der Waals surface area contributed by atoms with Crippen LogP contribution in [0.5, 0.6) is 0 Å². The number of thiocarbonyl (C=S) groups is 1. The fourth-order valence-corrected chi connectivity index (χ4v) is 2.25. The van der Waals surface area contributed by atoms with Crippen molar-refractivity contribution in [2.45, 2.75) is 19.4 Å². The van der Waals surface area contributed by atoms with E-state index >= 15 is 0 Å². The zero-order valence-electron chi connectivity index (χ0n) is 12.8. The Balaban J connectivity index is 1.90. The summed E-state index contributed by atoms with van der Waals surface area (Å²) in [5.74, 6) is 0.467. The van der Waals surface area contributed by atoms with Crippen LogP contribution in [0, 0.1) is 0 Å². The summed E-state index contributed by atoms with van der Waals surface area (Å²) in [6.45, 7) is 2.08. The minimum absolute atomic E-state index is 0.131. The van der Waals surface area contributed by atoms with Crippen LogP contribution in [-0.2, 0) is 16.0 Å². The molecule has 0 aliphatic rings. The van der Waals surface area contributed by atoms with Gasteiger partial charge in [-0.2, -0.15) is 0 Å². The third-order valence-corrected chi connectivity index (χ3v) is 3.29. The number of pyridine rings is 1. The zero-order valence-corrected chi connectivity index (χ0v) is 13.6. The number of rotatable bonds is 7. The third-order valence-electron chi connectivity index (χ3n) is 3.02. The molecule has 6 nitrogen and oxygen atoms in total. The number of esters is 1. The standard InChI is InChI=1S/C16H19N3O3S/c1-12(20)21-10-8-18-16(23)19-14(15-6-4-9-22-15)11-13-5-2-3-7-17-13/h2-7,9,14H,8,10-11H2,1H3,(H2,18,19,23). The molecule has 7 heteroatoms. The van der Waals surface area contributed by atoms with Crippen molar-refractivity contribution in [3.05, 3.63) is 54.2 Å². The Hall–Kier alpha value is -2.41. The molecule has 2 rings (SSSR count). The Morgan fingerprint density at radius 2 is 2.26 bits per heavy atom. The average molecular weight is 333 g/mol. The molecule has 0 amide bonds. The summed E-state index contributed by atoms with van der Waals surface area (Å²) < 4.78 is 10.3. The molecule has 23 heavy (non-hydrogen) atoms. The first kappa shape index (κ1) is 17.0. The number of nitrogens with zero attached hydrogens (tertiary/aromatic N) is 1. The summed E-state index contributed by atoms with van der Waals surface area (Å²) in [4.78, 5) is 15.0. The number of nitrogens with one attached hydrogen (secondary N) is 2. The van der Waals surface area contributed by atoms with Gasteiger partial charge in [-0.25, -0.2) is 0 Å². The molecular formula is C16H19N3O3S. The topological polar surface area (TPSA) is 76.4 Å². The van der Waals surface area contributed by atoms with Gasteiger partial charge < -0.3 is 19.8 Å². The van der Waals surface area contributed by atoms with E-state index in [0.717, 1.165) is 11.5 Å². The lowest BCUT2D eigenvalue weighted by Gasteiger charge is -2.19. The maximum atomic E-state index is 10.7. The first-order valence-corrected chi connectivity index (χ1v) is 7.67. The lowest BCUT2D eigenvalue weighted by atomic mass is 10.1. The highest BCUT2D eigenvalue weighted by Gasteiger charge is 2.16. The first-order chi connectivity index (χ1) is 11.1. The van der Waals surface area contributed by atoms with E-state index < -0.39 is 0 Å². The van der Waals surface area contributed by atoms with Crippen molar-refractivity contribution in [1.82, 2.24) is 15.6 Å². The van der Waals surface area contributed by atoms with Crippen molar-refractivity contribution < 1.29 is 13.9 Å². The van der Waals surface area contributed by atoms with Crippen molar-refractivity contribution in [3.63, 3.8) is 0 Å². The van der Waals surface area contributed by atoms with E-state index in [4.69, 9.17) is 21.4 Å². The SMILES string of the molecule is CC(=O)OCCNC(=S)NC(Cc1ccccn1)c1ccco1. The van der Waals surface area contributed by atoms with Crippen molar-refractivity contribution in [3.8, 4) is 0 Å². The Labute approximate surface area is 140 Å². The molecule has 0 saturated carbocycles. The summed E-state index contributed by atoms with van der Waals surface area (Å²) >= 11 is 5.27. The molecule has 0 bridgehead atoms. The van der Waals surface area contributed by atoms with Gasteiger partial charge in [-0.3, -0.25) is 9.78 Å². The van der Waals surface area contributed by atoms with Crippen LogP contribution in [0.25, 0.3) is 0 Å². The third kappa shape index (κ3) is 6.07. The highest BCUT2D eigenvalue weighted by molar-refractivity contribution is 7.80. The quantitative estimate of drug-likeness (QED) is 0.456. The lowest BCUT2D eigenvalue weighted by molar-refractivity contribution is -0.140. The van der Waals surface area contributed by atoms with Gasteiger partial charge in [0, 0.05) is 25.2 Å². The van der Waals surface area contributed by atoms with Crippen molar-refractivity contribution >= 4 is 23.3 Å². The minimum Gasteiger partial charge on any atom is -0.467 e. The Morgan fingerprint density at radius 3 is 2.91 bits per heavy atom. The van der Waals surface area contributed by atoms with Gasteiger partial charge in [0.05, 0.1) is 18.8 Å². The molecule has 122 valence electrons. The van der Waals surface area contributed by atoms with Crippen molar-refractivity contribution in [1.29, 1.82) is 0 Å². The molecule has 0 fully saturated rings. The molecule has 1 atom stereocenters. The molecule has 0 aromatic carbocycles. The summed E-state index contributed by atoms with van der Waals surface area (Å²) in [5.41, 5.74) is 0.934. The molecule has 0 spiro atoms. The number of carbonyl (C=O) groups is 1. The first-order valence-electron chi connectivity index (χ1n) is 7.26. The van der Waals surface area contributed by atoms with E-state index in [-0.39, 0.29) is 18.6 Å². The number of ether oxygens (including phenoxy) is 1. The van der Waals surface area contributed by atoms with Crippen molar-refractivity contribution in [2.75, 3.05) is 13.2 Å². The second kappa shape index (κ2) is 8.89. The van der Waals surface area contributed by atoms with Crippen LogP contribution >= 0.6 is 12.2 Å². The number of aromatic nitrogens is 1. The van der Waals surface area contributed by atoms with E-state index in [1.165, 1.54) is 6.92 Å². The predicted molar refractivity (Wildman–Crippen MR) is 89.8 cm³/mol. The largest absolute Gasteiger partial charge is 0.467 e. The van der Waals surface area contributed by atoms with Crippen LogP contribution in [0.15, 0.2) is 47.2 Å². The monoisotopic (exact) mass is 333 g/mol. The molecule has 2 aromatic rings. The van der Waals surface area contributed by atoms with Gasteiger partial charge in [-0.1, -0.05) is 6.07 Å². The molecule has 0 aliphatic carbocycles. The molecular weight excluding hydrogens is 314 g/mol. The average Bonchev–Trinajstić information content (AvgIpc) is 3.06. The van der Waals surface area contributed by atoms with Gasteiger partial charge in [0.25, 0.3) is 0 Å². The van der Waals surface area contributed by atoms with E-state index in [0.29, 0.717) is 18.1 Å². The van der Waals surface area contributed by atoms with E-state index in [2.05, 4.69) is 15.6 Å². The molecule has 0 saturated heterocycles. The molecule has 2 N–H and O–H groups in total. The van der Waals surface area contributed by atoms with Crippen molar-refractivity contribution in [2.24, 2.45) is 0 Å². The highest BCUT2D eigenvalue weighted by atomic mass is 32.1. The molecule has 0 aliphatic heterocycles. The van der Waals surface area contributed by atoms with E-state index in [1.54, 1.807) is 12.5 Å². The van der Waals surface area contributed by atoms with Gasteiger partial charge in [0.15, 0.2) is 5.11 Å². The van der Waals surface area contributed by atoms with Crippen LogP contribution in [0.4, 0.5) is 0 Å². The van der Waals surface area contributed by atoms with Crippen LogP contribution in [0.3, 0.4) is 0 Å². The second-order valence-corrected chi connectivity index (χ2v) is 5.24. The summed E-state index contributed by atoms with van der Waals surface area (Å²) in [6, 6.07) is 9.36. The smallest absolute Gasteiger partial charge is 0.302 e. The normalized spacial score (nSPS) is 11.5. The van der Waals surface area contributed by atoms with Crippen LogP contribution in [0.2, 0.25) is 0 Å². The fraction of sp³-hybridized carbons (Fsp3) is 0.312.